The maximum absolute atomic E-state index is 6.43. The SMILES string of the molecule is C[Si](C)(C)CCSCc1sc2ccccc2c1Cl. The fourth-order valence-corrected chi connectivity index (χ4v) is 7.06. The number of halogens is 1. The van der Waals surface area contributed by atoms with Gasteiger partial charge in [0, 0.05) is 28.8 Å². The van der Waals surface area contributed by atoms with E-state index in [1.807, 2.05) is 23.1 Å². The molecule has 0 unspecified atom stereocenters. The fraction of sp³-hybridized carbons (Fsp3) is 0.429. The van der Waals surface area contributed by atoms with Gasteiger partial charge in [-0.1, -0.05) is 49.4 Å². The van der Waals surface area contributed by atoms with Crippen molar-refractivity contribution in [3.05, 3.63) is 34.2 Å². The summed E-state index contributed by atoms with van der Waals surface area (Å²) in [6.45, 7) is 7.29. The van der Waals surface area contributed by atoms with Crippen molar-refractivity contribution in [2.45, 2.75) is 31.4 Å². The van der Waals surface area contributed by atoms with E-state index in [1.54, 1.807) is 0 Å². The first-order valence-electron chi connectivity index (χ1n) is 6.21. The van der Waals surface area contributed by atoms with E-state index >= 15 is 0 Å². The van der Waals surface area contributed by atoms with E-state index in [0.29, 0.717) is 0 Å². The summed E-state index contributed by atoms with van der Waals surface area (Å²) in [6.07, 6.45) is 0. The highest BCUT2D eigenvalue weighted by molar-refractivity contribution is 7.98. The molecule has 0 aliphatic carbocycles. The molecule has 2 aromatic rings. The van der Waals surface area contributed by atoms with E-state index in [0.717, 1.165) is 10.8 Å². The molecule has 0 spiro atoms. The van der Waals surface area contributed by atoms with Crippen LogP contribution in [0, 0.1) is 0 Å². The van der Waals surface area contributed by atoms with Gasteiger partial charge in [0.25, 0.3) is 0 Å². The maximum Gasteiger partial charge on any atom is 0.0632 e. The third kappa shape index (κ3) is 3.76. The molecular formula is C14H19ClS2Si. The van der Waals surface area contributed by atoms with Gasteiger partial charge in [0.1, 0.15) is 0 Å². The van der Waals surface area contributed by atoms with Crippen molar-refractivity contribution in [1.29, 1.82) is 0 Å². The average Bonchev–Trinajstić information content (AvgIpc) is 2.62. The summed E-state index contributed by atoms with van der Waals surface area (Å²) in [7, 11) is -0.891. The van der Waals surface area contributed by atoms with E-state index in [2.05, 4.69) is 43.9 Å². The lowest BCUT2D eigenvalue weighted by molar-refractivity contribution is 1.36. The van der Waals surface area contributed by atoms with Crippen LogP contribution in [0.1, 0.15) is 4.88 Å². The van der Waals surface area contributed by atoms with Crippen LogP contribution in [0.15, 0.2) is 24.3 Å². The van der Waals surface area contributed by atoms with E-state index in [-0.39, 0.29) is 0 Å². The molecule has 0 aliphatic heterocycles. The number of benzene rings is 1. The molecule has 1 aromatic carbocycles. The maximum atomic E-state index is 6.43. The predicted octanol–water partition coefficient (Wildman–Crippen LogP) is 6.13. The summed E-state index contributed by atoms with van der Waals surface area (Å²) in [6, 6.07) is 9.80. The zero-order valence-corrected chi connectivity index (χ0v) is 14.5. The topological polar surface area (TPSA) is 0 Å². The summed E-state index contributed by atoms with van der Waals surface area (Å²) < 4.78 is 1.31. The molecule has 0 radical (unpaired) electrons. The number of fused-ring (bicyclic) bond motifs is 1. The van der Waals surface area contributed by atoms with E-state index < -0.39 is 8.07 Å². The van der Waals surface area contributed by atoms with Gasteiger partial charge >= 0.3 is 0 Å². The van der Waals surface area contributed by atoms with Crippen molar-refractivity contribution in [2.24, 2.45) is 0 Å². The van der Waals surface area contributed by atoms with Gasteiger partial charge in [-0.25, -0.2) is 0 Å². The van der Waals surface area contributed by atoms with E-state index in [9.17, 15) is 0 Å². The van der Waals surface area contributed by atoms with Crippen LogP contribution >= 0.6 is 34.7 Å². The molecule has 0 saturated carbocycles. The Kier molecular flexibility index (Phi) is 4.81. The molecule has 0 nitrogen and oxygen atoms in total. The molecule has 0 bridgehead atoms. The molecule has 0 N–H and O–H groups in total. The predicted molar refractivity (Wildman–Crippen MR) is 91.2 cm³/mol. The molecule has 1 heterocycles. The van der Waals surface area contributed by atoms with Crippen molar-refractivity contribution < 1.29 is 0 Å². The minimum atomic E-state index is -0.891. The Labute approximate surface area is 124 Å². The van der Waals surface area contributed by atoms with Crippen LogP contribution in [0.25, 0.3) is 10.1 Å². The van der Waals surface area contributed by atoms with Gasteiger partial charge in [-0.2, -0.15) is 11.8 Å². The summed E-state index contributed by atoms with van der Waals surface area (Å²) >= 11 is 10.3. The summed E-state index contributed by atoms with van der Waals surface area (Å²) in [5.41, 5.74) is 0. The summed E-state index contributed by atoms with van der Waals surface area (Å²) in [5, 5.41) is 2.18. The third-order valence-electron chi connectivity index (χ3n) is 2.83. The second-order valence-corrected chi connectivity index (χ2v) is 13.9. The quantitative estimate of drug-likeness (QED) is 0.473. The van der Waals surface area contributed by atoms with Crippen molar-refractivity contribution in [3.63, 3.8) is 0 Å². The van der Waals surface area contributed by atoms with Crippen LogP contribution < -0.4 is 0 Å². The van der Waals surface area contributed by atoms with Gasteiger partial charge in [-0.3, -0.25) is 0 Å². The monoisotopic (exact) mass is 314 g/mol. The lowest BCUT2D eigenvalue weighted by Gasteiger charge is -2.14. The van der Waals surface area contributed by atoms with Crippen LogP contribution in [-0.4, -0.2) is 13.8 Å². The first-order valence-corrected chi connectivity index (χ1v) is 12.3. The zero-order chi connectivity index (χ0) is 13.2. The van der Waals surface area contributed by atoms with Crippen LogP contribution in [-0.2, 0) is 5.75 Å². The second-order valence-electron chi connectivity index (χ2n) is 5.70. The van der Waals surface area contributed by atoms with Crippen LogP contribution in [0.4, 0.5) is 0 Å². The van der Waals surface area contributed by atoms with Crippen LogP contribution in [0.3, 0.4) is 0 Å². The molecule has 0 fully saturated rings. The third-order valence-corrected chi connectivity index (χ3v) is 7.83. The minimum Gasteiger partial charge on any atom is -0.157 e. The molecular weight excluding hydrogens is 296 g/mol. The molecule has 0 atom stereocenters. The normalized spacial score (nSPS) is 12.2. The largest absolute Gasteiger partial charge is 0.157 e. The van der Waals surface area contributed by atoms with Gasteiger partial charge in [0.05, 0.1) is 5.02 Å². The van der Waals surface area contributed by atoms with Gasteiger partial charge in [-0.15, -0.1) is 11.3 Å². The van der Waals surface area contributed by atoms with Crippen LogP contribution in [0.2, 0.25) is 30.7 Å². The van der Waals surface area contributed by atoms with Crippen molar-refractivity contribution in [2.75, 3.05) is 5.75 Å². The van der Waals surface area contributed by atoms with Crippen LogP contribution in [0.5, 0.6) is 0 Å². The Morgan fingerprint density at radius 1 is 1.22 bits per heavy atom. The highest BCUT2D eigenvalue weighted by Gasteiger charge is 2.13. The lowest BCUT2D eigenvalue weighted by atomic mass is 10.2. The Hall–Kier alpha value is 0.0369. The number of thiophene rings is 1. The highest BCUT2D eigenvalue weighted by Crippen LogP contribution is 2.37. The van der Waals surface area contributed by atoms with E-state index in [4.69, 9.17) is 11.6 Å². The first kappa shape index (κ1) is 14.4. The lowest BCUT2D eigenvalue weighted by Crippen LogP contribution is -2.19. The molecule has 0 amide bonds. The molecule has 2 rings (SSSR count). The van der Waals surface area contributed by atoms with E-state index in [1.165, 1.54) is 26.8 Å². The number of hydrogen-bond acceptors (Lipinski definition) is 2. The van der Waals surface area contributed by atoms with Gasteiger partial charge in [0.2, 0.25) is 0 Å². The van der Waals surface area contributed by atoms with Crippen molar-refractivity contribution >= 4 is 52.9 Å². The molecule has 0 aliphatic rings. The minimum absolute atomic E-state index is 0.891. The molecule has 0 saturated heterocycles. The van der Waals surface area contributed by atoms with Gasteiger partial charge < -0.3 is 0 Å². The Balaban J connectivity index is 1.98. The molecule has 1 aromatic heterocycles. The number of thioether (sulfide) groups is 1. The first-order chi connectivity index (χ1) is 8.47. The average molecular weight is 315 g/mol. The Morgan fingerprint density at radius 2 is 1.94 bits per heavy atom. The Morgan fingerprint density at radius 3 is 2.61 bits per heavy atom. The zero-order valence-electron chi connectivity index (χ0n) is 11.1. The number of rotatable bonds is 5. The fourth-order valence-electron chi connectivity index (χ4n) is 1.70. The molecule has 4 heteroatoms. The van der Waals surface area contributed by atoms with Crippen molar-refractivity contribution in [1.82, 2.24) is 0 Å². The molecule has 18 heavy (non-hydrogen) atoms. The van der Waals surface area contributed by atoms with Gasteiger partial charge in [-0.05, 0) is 17.9 Å². The van der Waals surface area contributed by atoms with Gasteiger partial charge in [0.15, 0.2) is 0 Å². The highest BCUT2D eigenvalue weighted by atomic mass is 35.5. The standard InChI is InChI=1S/C14H19ClS2Si/c1-18(2,3)9-8-16-10-13-14(15)11-6-4-5-7-12(11)17-13/h4-7H,8-10H2,1-3H3. The molecule has 98 valence electrons. The smallest absolute Gasteiger partial charge is 0.0632 e. The number of hydrogen-bond donors (Lipinski definition) is 0. The summed E-state index contributed by atoms with van der Waals surface area (Å²) in [5.74, 6) is 2.32. The van der Waals surface area contributed by atoms with Crippen molar-refractivity contribution in [3.8, 4) is 0 Å². The second kappa shape index (κ2) is 5.99. The Bertz CT molecular complexity index is 528. The summed E-state index contributed by atoms with van der Waals surface area (Å²) in [4.78, 5) is 1.33.